The number of carbonyl (C=O) groups excluding carboxylic acids is 2. The molecule has 7 nitrogen and oxygen atoms in total. The topological polar surface area (TPSA) is 65.5 Å². The summed E-state index contributed by atoms with van der Waals surface area (Å²) < 4.78 is 0. The fourth-order valence-corrected chi connectivity index (χ4v) is 4.20. The first-order valence-corrected chi connectivity index (χ1v) is 11.3. The number of piperazine rings is 1. The SMILES string of the molecule is CCCN1C(=O)/C(=N\OC(C)C(=O)N2CCN(Cc3ccccc3)CC2)c2ccccc21. The first kappa shape index (κ1) is 22.0. The second-order valence-electron chi connectivity index (χ2n) is 8.25. The molecule has 0 spiro atoms. The summed E-state index contributed by atoms with van der Waals surface area (Å²) in [5.41, 5.74) is 3.13. The van der Waals surface area contributed by atoms with Crippen LogP contribution < -0.4 is 4.90 Å². The average Bonchev–Trinajstić information content (AvgIpc) is 3.09. The molecule has 32 heavy (non-hydrogen) atoms. The molecule has 4 rings (SSSR count). The number of para-hydroxylation sites is 1. The van der Waals surface area contributed by atoms with Gasteiger partial charge in [-0.1, -0.05) is 60.6 Å². The summed E-state index contributed by atoms with van der Waals surface area (Å²) in [6, 6.07) is 17.9. The Balaban J connectivity index is 1.34. The zero-order chi connectivity index (χ0) is 22.5. The molecule has 2 aromatic rings. The van der Waals surface area contributed by atoms with Gasteiger partial charge in [-0.3, -0.25) is 14.5 Å². The lowest BCUT2D eigenvalue weighted by molar-refractivity contribution is -0.144. The number of benzene rings is 2. The molecule has 1 unspecified atom stereocenters. The summed E-state index contributed by atoms with van der Waals surface area (Å²) in [7, 11) is 0. The van der Waals surface area contributed by atoms with Crippen molar-refractivity contribution in [2.24, 2.45) is 5.16 Å². The number of fused-ring (bicyclic) bond motifs is 1. The molecule has 168 valence electrons. The lowest BCUT2D eigenvalue weighted by Crippen LogP contribution is -2.50. The minimum absolute atomic E-state index is 0.0992. The molecule has 0 bridgehead atoms. The van der Waals surface area contributed by atoms with Crippen LogP contribution in [0.4, 0.5) is 5.69 Å². The van der Waals surface area contributed by atoms with Crippen LogP contribution in [0, 0.1) is 0 Å². The molecule has 2 aromatic carbocycles. The van der Waals surface area contributed by atoms with Gasteiger partial charge in [0.25, 0.3) is 11.8 Å². The van der Waals surface area contributed by atoms with Gasteiger partial charge in [0.1, 0.15) is 0 Å². The predicted molar refractivity (Wildman–Crippen MR) is 124 cm³/mol. The molecule has 2 aliphatic heterocycles. The van der Waals surface area contributed by atoms with Crippen LogP contribution in [-0.2, 0) is 21.0 Å². The van der Waals surface area contributed by atoms with Gasteiger partial charge in [0, 0.05) is 44.8 Å². The number of hydrogen-bond donors (Lipinski definition) is 0. The minimum Gasteiger partial charge on any atom is -0.382 e. The molecule has 2 heterocycles. The standard InChI is InChI=1S/C25H30N4O3/c1-3-13-29-22-12-8-7-11-21(22)23(25(29)31)26-32-19(2)24(30)28-16-14-27(15-17-28)18-20-9-5-4-6-10-20/h4-12,19H,3,13-18H2,1-2H3/b26-23-. The van der Waals surface area contributed by atoms with Crippen LogP contribution >= 0.6 is 0 Å². The third kappa shape index (κ3) is 4.67. The number of amides is 2. The van der Waals surface area contributed by atoms with Gasteiger partial charge < -0.3 is 14.6 Å². The van der Waals surface area contributed by atoms with Crippen molar-refractivity contribution in [1.82, 2.24) is 9.80 Å². The van der Waals surface area contributed by atoms with Crippen LogP contribution in [0.15, 0.2) is 59.8 Å². The van der Waals surface area contributed by atoms with Gasteiger partial charge in [-0.05, 0) is 25.0 Å². The van der Waals surface area contributed by atoms with Crippen molar-refractivity contribution in [1.29, 1.82) is 0 Å². The van der Waals surface area contributed by atoms with E-state index >= 15 is 0 Å². The molecule has 2 amide bonds. The van der Waals surface area contributed by atoms with Crippen molar-refractivity contribution < 1.29 is 14.4 Å². The third-order valence-corrected chi connectivity index (χ3v) is 5.93. The highest BCUT2D eigenvalue weighted by Crippen LogP contribution is 2.29. The second kappa shape index (κ2) is 9.96. The van der Waals surface area contributed by atoms with Crippen molar-refractivity contribution in [2.75, 3.05) is 37.6 Å². The van der Waals surface area contributed by atoms with Crippen molar-refractivity contribution in [3.8, 4) is 0 Å². The van der Waals surface area contributed by atoms with Crippen LogP contribution in [0.1, 0.15) is 31.4 Å². The molecule has 1 fully saturated rings. The summed E-state index contributed by atoms with van der Waals surface area (Å²) >= 11 is 0. The van der Waals surface area contributed by atoms with E-state index in [1.54, 1.807) is 11.8 Å². The third-order valence-electron chi connectivity index (χ3n) is 5.93. The van der Waals surface area contributed by atoms with Crippen LogP contribution in [0.25, 0.3) is 0 Å². The van der Waals surface area contributed by atoms with E-state index in [0.29, 0.717) is 19.6 Å². The maximum atomic E-state index is 12.9. The maximum Gasteiger partial charge on any atom is 0.281 e. The van der Waals surface area contributed by atoms with E-state index in [1.165, 1.54) is 5.56 Å². The van der Waals surface area contributed by atoms with Gasteiger partial charge in [-0.15, -0.1) is 0 Å². The molecule has 0 aromatic heterocycles. The number of oxime groups is 1. The molecular formula is C25H30N4O3. The predicted octanol–water partition coefficient (Wildman–Crippen LogP) is 2.90. The van der Waals surface area contributed by atoms with Gasteiger partial charge in [-0.2, -0.15) is 0 Å². The Bertz CT molecular complexity index is 984. The van der Waals surface area contributed by atoms with E-state index in [4.69, 9.17) is 4.84 Å². The van der Waals surface area contributed by atoms with Crippen molar-refractivity contribution in [2.45, 2.75) is 32.9 Å². The smallest absolute Gasteiger partial charge is 0.281 e. The summed E-state index contributed by atoms with van der Waals surface area (Å²) in [6.07, 6.45) is 0.0997. The van der Waals surface area contributed by atoms with Gasteiger partial charge in [0.15, 0.2) is 5.71 Å². The Morgan fingerprint density at radius 3 is 2.44 bits per heavy atom. The Hall–Kier alpha value is -3.19. The van der Waals surface area contributed by atoms with Crippen molar-refractivity contribution in [3.05, 3.63) is 65.7 Å². The molecule has 7 heteroatoms. The first-order valence-electron chi connectivity index (χ1n) is 11.3. The van der Waals surface area contributed by atoms with Gasteiger partial charge in [0.2, 0.25) is 6.10 Å². The second-order valence-corrected chi connectivity index (χ2v) is 8.25. The highest BCUT2D eigenvalue weighted by Gasteiger charge is 2.34. The van der Waals surface area contributed by atoms with Gasteiger partial charge in [-0.25, -0.2) is 0 Å². The molecule has 0 saturated carbocycles. The Labute approximate surface area is 189 Å². The number of carbonyl (C=O) groups is 2. The molecule has 1 atom stereocenters. The summed E-state index contributed by atoms with van der Waals surface area (Å²) in [5, 5.41) is 4.13. The molecular weight excluding hydrogens is 404 g/mol. The maximum absolute atomic E-state index is 12.9. The Morgan fingerprint density at radius 1 is 1.03 bits per heavy atom. The molecule has 2 aliphatic rings. The number of anilines is 1. The molecule has 0 aliphatic carbocycles. The van der Waals surface area contributed by atoms with Crippen LogP contribution in [0.3, 0.4) is 0 Å². The summed E-state index contributed by atoms with van der Waals surface area (Å²) in [5.74, 6) is -0.278. The number of hydrogen-bond acceptors (Lipinski definition) is 5. The zero-order valence-electron chi connectivity index (χ0n) is 18.7. The van der Waals surface area contributed by atoms with E-state index in [9.17, 15) is 9.59 Å². The van der Waals surface area contributed by atoms with E-state index in [2.05, 4.69) is 22.2 Å². The van der Waals surface area contributed by atoms with Gasteiger partial charge >= 0.3 is 0 Å². The van der Waals surface area contributed by atoms with E-state index in [-0.39, 0.29) is 17.5 Å². The van der Waals surface area contributed by atoms with Crippen LogP contribution in [0.5, 0.6) is 0 Å². The largest absolute Gasteiger partial charge is 0.382 e. The van der Waals surface area contributed by atoms with Crippen molar-refractivity contribution >= 4 is 23.2 Å². The lowest BCUT2D eigenvalue weighted by Gasteiger charge is -2.35. The fourth-order valence-electron chi connectivity index (χ4n) is 4.20. The zero-order valence-corrected chi connectivity index (χ0v) is 18.7. The normalized spacial score (nSPS) is 18.7. The summed E-state index contributed by atoms with van der Waals surface area (Å²) in [4.78, 5) is 37.2. The molecule has 0 radical (unpaired) electrons. The lowest BCUT2D eigenvalue weighted by atomic mass is 10.1. The summed E-state index contributed by atoms with van der Waals surface area (Å²) in [6.45, 7) is 8.18. The van der Waals surface area contributed by atoms with Crippen LogP contribution in [-0.4, -0.2) is 66.2 Å². The van der Waals surface area contributed by atoms with E-state index < -0.39 is 6.10 Å². The highest BCUT2D eigenvalue weighted by atomic mass is 16.6. The number of rotatable bonds is 7. The molecule has 1 saturated heterocycles. The molecule has 0 N–H and O–H groups in total. The van der Waals surface area contributed by atoms with E-state index in [1.807, 2.05) is 54.3 Å². The van der Waals surface area contributed by atoms with E-state index in [0.717, 1.165) is 37.3 Å². The van der Waals surface area contributed by atoms with Gasteiger partial charge in [0.05, 0.1) is 5.69 Å². The first-order chi connectivity index (χ1) is 15.6. The minimum atomic E-state index is -0.747. The Morgan fingerprint density at radius 2 is 1.72 bits per heavy atom. The Kier molecular flexibility index (Phi) is 6.85. The van der Waals surface area contributed by atoms with Crippen LogP contribution in [0.2, 0.25) is 0 Å². The number of nitrogens with zero attached hydrogens (tertiary/aromatic N) is 4. The average molecular weight is 435 g/mol. The highest BCUT2D eigenvalue weighted by molar-refractivity contribution is 6.54. The fraction of sp³-hybridized carbons (Fsp3) is 0.400. The monoisotopic (exact) mass is 434 g/mol. The quantitative estimate of drug-likeness (QED) is 0.629. The van der Waals surface area contributed by atoms with Crippen molar-refractivity contribution in [3.63, 3.8) is 0 Å².